The SMILES string of the molecule is O=C1C2CCCN2C(=O)N1CCCc1ccccc1Br. The quantitative estimate of drug-likeness (QED) is 0.793. The minimum atomic E-state index is -0.175. The second kappa shape index (κ2) is 5.56. The molecule has 3 rings (SSSR count). The molecule has 1 unspecified atom stereocenters. The molecule has 0 aromatic heterocycles. The average Bonchev–Trinajstić information content (AvgIpc) is 3.00. The van der Waals surface area contributed by atoms with Gasteiger partial charge in [0.15, 0.2) is 0 Å². The summed E-state index contributed by atoms with van der Waals surface area (Å²) in [6.45, 7) is 1.25. The average molecular weight is 337 g/mol. The van der Waals surface area contributed by atoms with Gasteiger partial charge in [0.05, 0.1) is 0 Å². The number of carbonyl (C=O) groups excluding carboxylic acids is 2. The van der Waals surface area contributed by atoms with Gasteiger partial charge in [-0.15, -0.1) is 0 Å². The van der Waals surface area contributed by atoms with Crippen LogP contribution in [0.2, 0.25) is 0 Å². The van der Waals surface area contributed by atoms with Crippen LogP contribution in [0.15, 0.2) is 28.7 Å². The van der Waals surface area contributed by atoms with Crippen LogP contribution in [0.4, 0.5) is 4.79 Å². The summed E-state index contributed by atoms with van der Waals surface area (Å²) >= 11 is 3.52. The summed E-state index contributed by atoms with van der Waals surface area (Å²) < 4.78 is 1.08. The summed E-state index contributed by atoms with van der Waals surface area (Å²) in [7, 11) is 0. The van der Waals surface area contributed by atoms with Gasteiger partial charge < -0.3 is 4.90 Å². The molecule has 2 aliphatic rings. The fourth-order valence-electron chi connectivity index (χ4n) is 3.02. The first-order valence-corrected chi connectivity index (χ1v) is 7.83. The third-order valence-corrected chi connectivity index (χ3v) is 4.84. The van der Waals surface area contributed by atoms with E-state index in [4.69, 9.17) is 0 Å². The van der Waals surface area contributed by atoms with Crippen LogP contribution in [-0.2, 0) is 11.2 Å². The van der Waals surface area contributed by atoms with Crippen molar-refractivity contribution in [1.82, 2.24) is 9.80 Å². The lowest BCUT2D eigenvalue weighted by atomic mass is 10.1. The Morgan fingerprint density at radius 1 is 1.25 bits per heavy atom. The van der Waals surface area contributed by atoms with E-state index in [2.05, 4.69) is 22.0 Å². The van der Waals surface area contributed by atoms with E-state index < -0.39 is 0 Å². The van der Waals surface area contributed by atoms with Crippen LogP contribution in [0, 0.1) is 0 Å². The zero-order valence-electron chi connectivity index (χ0n) is 11.2. The Morgan fingerprint density at radius 3 is 2.80 bits per heavy atom. The minimum absolute atomic E-state index is 0.000345. The molecule has 5 heteroatoms. The maximum absolute atomic E-state index is 12.2. The Balaban J connectivity index is 1.58. The summed E-state index contributed by atoms with van der Waals surface area (Å²) in [5.74, 6) is -0.000345. The van der Waals surface area contributed by atoms with Gasteiger partial charge in [0.1, 0.15) is 6.04 Å². The molecule has 2 fully saturated rings. The number of carbonyl (C=O) groups is 2. The molecule has 4 nitrogen and oxygen atoms in total. The third kappa shape index (κ3) is 2.35. The second-order valence-corrected chi connectivity index (χ2v) is 6.17. The van der Waals surface area contributed by atoms with Gasteiger partial charge in [0, 0.05) is 17.6 Å². The fraction of sp³-hybridized carbons (Fsp3) is 0.467. The maximum Gasteiger partial charge on any atom is 0.327 e. The van der Waals surface area contributed by atoms with Crippen molar-refractivity contribution < 1.29 is 9.59 Å². The van der Waals surface area contributed by atoms with Crippen LogP contribution in [0.3, 0.4) is 0 Å². The number of nitrogens with zero attached hydrogens (tertiary/aromatic N) is 2. The number of amides is 3. The summed E-state index contributed by atoms with van der Waals surface area (Å²) in [5.41, 5.74) is 1.21. The van der Waals surface area contributed by atoms with Gasteiger partial charge >= 0.3 is 6.03 Å². The van der Waals surface area contributed by atoms with Crippen LogP contribution in [0.1, 0.15) is 24.8 Å². The fourth-order valence-corrected chi connectivity index (χ4v) is 3.50. The highest BCUT2D eigenvalue weighted by Crippen LogP contribution is 2.27. The molecule has 0 radical (unpaired) electrons. The molecule has 0 saturated carbocycles. The first kappa shape index (κ1) is 13.6. The molecule has 3 amide bonds. The molecule has 1 atom stereocenters. The van der Waals surface area contributed by atoms with Crippen LogP contribution >= 0.6 is 15.9 Å². The van der Waals surface area contributed by atoms with Crippen molar-refractivity contribution in [2.75, 3.05) is 13.1 Å². The van der Waals surface area contributed by atoms with Crippen molar-refractivity contribution in [2.45, 2.75) is 31.7 Å². The van der Waals surface area contributed by atoms with Crippen LogP contribution in [0.5, 0.6) is 0 Å². The van der Waals surface area contributed by atoms with Crippen LogP contribution in [0.25, 0.3) is 0 Å². The van der Waals surface area contributed by atoms with Crippen molar-refractivity contribution in [3.05, 3.63) is 34.3 Å². The minimum Gasteiger partial charge on any atom is -0.312 e. The number of halogens is 1. The van der Waals surface area contributed by atoms with Gasteiger partial charge in [-0.2, -0.15) is 0 Å². The van der Waals surface area contributed by atoms with Gasteiger partial charge in [-0.3, -0.25) is 9.69 Å². The smallest absolute Gasteiger partial charge is 0.312 e. The standard InChI is InChI=1S/C15H17BrN2O2/c16-12-7-2-1-5-11(12)6-3-10-18-14(19)13-8-4-9-17(13)15(18)20/h1-2,5,7,13H,3-4,6,8-10H2. The number of hydrogen-bond donors (Lipinski definition) is 0. The maximum atomic E-state index is 12.2. The lowest BCUT2D eigenvalue weighted by molar-refractivity contribution is -0.128. The summed E-state index contributed by atoms with van der Waals surface area (Å²) in [4.78, 5) is 27.4. The number of aryl methyl sites for hydroxylation is 1. The van der Waals surface area contributed by atoms with Gasteiger partial charge in [-0.1, -0.05) is 34.1 Å². The lowest BCUT2D eigenvalue weighted by Gasteiger charge is -2.15. The lowest BCUT2D eigenvalue weighted by Crippen LogP contribution is -2.34. The molecule has 1 aromatic rings. The van der Waals surface area contributed by atoms with E-state index in [1.165, 1.54) is 10.5 Å². The van der Waals surface area contributed by atoms with Crippen molar-refractivity contribution in [3.63, 3.8) is 0 Å². The molecule has 2 heterocycles. The normalized spacial score (nSPS) is 21.8. The highest BCUT2D eigenvalue weighted by Gasteiger charge is 2.46. The predicted molar refractivity (Wildman–Crippen MR) is 79.3 cm³/mol. The number of urea groups is 1. The zero-order valence-corrected chi connectivity index (χ0v) is 12.8. The molecule has 0 aliphatic carbocycles. The zero-order chi connectivity index (χ0) is 14.1. The number of benzene rings is 1. The molecule has 2 saturated heterocycles. The van der Waals surface area contributed by atoms with Crippen molar-refractivity contribution in [1.29, 1.82) is 0 Å². The topological polar surface area (TPSA) is 40.6 Å². The van der Waals surface area contributed by atoms with Gasteiger partial charge in [0.25, 0.3) is 5.91 Å². The molecular weight excluding hydrogens is 320 g/mol. The first-order valence-electron chi connectivity index (χ1n) is 7.04. The number of fused-ring (bicyclic) bond motifs is 1. The van der Waals surface area contributed by atoms with Gasteiger partial charge in [0.2, 0.25) is 0 Å². The van der Waals surface area contributed by atoms with E-state index in [0.29, 0.717) is 6.54 Å². The van der Waals surface area contributed by atoms with E-state index in [1.807, 2.05) is 18.2 Å². The Morgan fingerprint density at radius 2 is 2.05 bits per heavy atom. The molecule has 20 heavy (non-hydrogen) atoms. The van der Waals surface area contributed by atoms with E-state index in [-0.39, 0.29) is 18.0 Å². The number of rotatable bonds is 4. The Kier molecular flexibility index (Phi) is 3.78. The molecule has 2 aliphatic heterocycles. The molecule has 0 bridgehead atoms. The van der Waals surface area contributed by atoms with E-state index in [0.717, 1.165) is 36.7 Å². The third-order valence-electron chi connectivity index (χ3n) is 4.07. The summed E-state index contributed by atoms with van der Waals surface area (Å²) in [5, 5.41) is 0. The molecule has 106 valence electrons. The predicted octanol–water partition coefficient (Wildman–Crippen LogP) is 2.81. The Hall–Kier alpha value is -1.36. The van der Waals surface area contributed by atoms with Crippen molar-refractivity contribution in [3.8, 4) is 0 Å². The molecular formula is C15H17BrN2O2. The molecule has 0 N–H and O–H groups in total. The molecule has 0 spiro atoms. The van der Waals surface area contributed by atoms with E-state index in [1.54, 1.807) is 4.90 Å². The van der Waals surface area contributed by atoms with Crippen LogP contribution < -0.4 is 0 Å². The Labute approximate surface area is 126 Å². The van der Waals surface area contributed by atoms with Crippen LogP contribution in [-0.4, -0.2) is 40.9 Å². The van der Waals surface area contributed by atoms with Crippen molar-refractivity contribution >= 4 is 27.9 Å². The summed E-state index contributed by atoms with van der Waals surface area (Å²) in [6.07, 6.45) is 3.45. The number of hydrogen-bond acceptors (Lipinski definition) is 2. The number of imide groups is 1. The first-order chi connectivity index (χ1) is 9.68. The largest absolute Gasteiger partial charge is 0.327 e. The van der Waals surface area contributed by atoms with Gasteiger partial charge in [-0.05, 0) is 37.3 Å². The highest BCUT2D eigenvalue weighted by atomic mass is 79.9. The van der Waals surface area contributed by atoms with Gasteiger partial charge in [-0.25, -0.2) is 4.79 Å². The summed E-state index contributed by atoms with van der Waals surface area (Å²) in [6, 6.07) is 7.79. The van der Waals surface area contributed by atoms with E-state index >= 15 is 0 Å². The highest BCUT2D eigenvalue weighted by molar-refractivity contribution is 9.10. The van der Waals surface area contributed by atoms with Crippen molar-refractivity contribution in [2.24, 2.45) is 0 Å². The monoisotopic (exact) mass is 336 g/mol. The second-order valence-electron chi connectivity index (χ2n) is 5.32. The molecule has 1 aromatic carbocycles. The van der Waals surface area contributed by atoms with E-state index in [9.17, 15) is 9.59 Å². The Bertz CT molecular complexity index is 524.